The van der Waals surface area contributed by atoms with Gasteiger partial charge in [0.25, 0.3) is 15.9 Å². The highest BCUT2D eigenvalue weighted by Crippen LogP contribution is 2.15. The third-order valence-electron chi connectivity index (χ3n) is 3.18. The number of hydrogen-bond acceptors (Lipinski definition) is 5. The first kappa shape index (κ1) is 16.1. The SMILES string of the molecule is CCc1nc(C)ncc1C(=O)NS(=O)(=O)c1ccccc1C. The van der Waals surface area contributed by atoms with Crippen molar-refractivity contribution in [1.82, 2.24) is 14.7 Å². The minimum Gasteiger partial charge on any atom is -0.268 e. The number of nitrogens with one attached hydrogen (secondary N) is 1. The smallest absolute Gasteiger partial charge is 0.268 e. The molecular weight excluding hydrogens is 302 g/mol. The Kier molecular flexibility index (Phi) is 4.56. The van der Waals surface area contributed by atoms with Crippen LogP contribution in [0.25, 0.3) is 0 Å². The van der Waals surface area contributed by atoms with Crippen LogP contribution < -0.4 is 4.72 Å². The van der Waals surface area contributed by atoms with E-state index in [4.69, 9.17) is 0 Å². The molecule has 1 N–H and O–H groups in total. The second kappa shape index (κ2) is 6.23. The lowest BCUT2D eigenvalue weighted by atomic mass is 10.2. The minimum absolute atomic E-state index is 0.0782. The predicted octanol–water partition coefficient (Wildman–Crippen LogP) is 1.77. The first-order valence-electron chi connectivity index (χ1n) is 6.80. The Labute approximate surface area is 129 Å². The van der Waals surface area contributed by atoms with E-state index in [0.29, 0.717) is 23.5 Å². The Bertz CT molecular complexity index is 817. The number of carbonyl (C=O) groups excluding carboxylic acids is 1. The number of hydrogen-bond donors (Lipinski definition) is 1. The van der Waals surface area contributed by atoms with Gasteiger partial charge in [-0.15, -0.1) is 0 Å². The Hall–Kier alpha value is -2.28. The number of carbonyl (C=O) groups is 1. The van der Waals surface area contributed by atoms with Crippen LogP contribution in [0.15, 0.2) is 35.4 Å². The van der Waals surface area contributed by atoms with E-state index in [9.17, 15) is 13.2 Å². The van der Waals surface area contributed by atoms with Gasteiger partial charge in [0.2, 0.25) is 0 Å². The Morgan fingerprint density at radius 2 is 1.91 bits per heavy atom. The van der Waals surface area contributed by atoms with Gasteiger partial charge in [0.05, 0.1) is 16.2 Å². The van der Waals surface area contributed by atoms with Gasteiger partial charge in [0.1, 0.15) is 5.82 Å². The van der Waals surface area contributed by atoms with Gasteiger partial charge in [0, 0.05) is 6.20 Å². The number of sulfonamides is 1. The van der Waals surface area contributed by atoms with E-state index in [0.717, 1.165) is 0 Å². The van der Waals surface area contributed by atoms with Gasteiger partial charge < -0.3 is 0 Å². The molecular formula is C15H17N3O3S. The molecule has 6 nitrogen and oxygen atoms in total. The molecule has 0 aliphatic rings. The lowest BCUT2D eigenvalue weighted by Crippen LogP contribution is -2.32. The molecule has 1 aromatic carbocycles. The van der Waals surface area contributed by atoms with Crippen LogP contribution in [-0.4, -0.2) is 24.3 Å². The summed E-state index contributed by atoms with van der Waals surface area (Å²) in [5.74, 6) is -0.185. The molecule has 0 radical (unpaired) electrons. The van der Waals surface area contributed by atoms with Crippen molar-refractivity contribution >= 4 is 15.9 Å². The molecule has 22 heavy (non-hydrogen) atoms. The van der Waals surface area contributed by atoms with E-state index in [1.807, 2.05) is 6.92 Å². The summed E-state index contributed by atoms with van der Waals surface area (Å²) in [5.41, 5.74) is 1.26. The van der Waals surface area contributed by atoms with E-state index < -0.39 is 15.9 Å². The number of benzene rings is 1. The highest BCUT2D eigenvalue weighted by Gasteiger charge is 2.22. The summed E-state index contributed by atoms with van der Waals surface area (Å²) in [7, 11) is -3.93. The van der Waals surface area contributed by atoms with Gasteiger partial charge in [-0.25, -0.2) is 23.1 Å². The van der Waals surface area contributed by atoms with Crippen molar-refractivity contribution in [2.24, 2.45) is 0 Å². The second-order valence-electron chi connectivity index (χ2n) is 4.83. The van der Waals surface area contributed by atoms with Crippen molar-refractivity contribution in [3.05, 3.63) is 53.1 Å². The van der Waals surface area contributed by atoms with Crippen molar-refractivity contribution in [1.29, 1.82) is 0 Å². The number of rotatable bonds is 4. The highest BCUT2D eigenvalue weighted by molar-refractivity contribution is 7.90. The Balaban J connectivity index is 2.35. The molecule has 0 aliphatic heterocycles. The van der Waals surface area contributed by atoms with Crippen molar-refractivity contribution in [3.8, 4) is 0 Å². The summed E-state index contributed by atoms with van der Waals surface area (Å²) in [6, 6.07) is 6.47. The van der Waals surface area contributed by atoms with Gasteiger partial charge in [-0.1, -0.05) is 25.1 Å². The van der Waals surface area contributed by atoms with Crippen LogP contribution in [0, 0.1) is 13.8 Å². The van der Waals surface area contributed by atoms with E-state index in [-0.39, 0.29) is 10.5 Å². The van der Waals surface area contributed by atoms with Crippen LogP contribution in [-0.2, 0) is 16.4 Å². The first-order chi connectivity index (χ1) is 10.3. The molecule has 2 rings (SSSR count). The minimum atomic E-state index is -3.93. The van der Waals surface area contributed by atoms with Crippen molar-refractivity contribution in [2.75, 3.05) is 0 Å². The van der Waals surface area contributed by atoms with Crippen LogP contribution in [0.5, 0.6) is 0 Å². The number of amides is 1. The summed E-state index contributed by atoms with van der Waals surface area (Å²) >= 11 is 0. The average Bonchev–Trinajstić information content (AvgIpc) is 2.46. The summed E-state index contributed by atoms with van der Waals surface area (Å²) in [6.07, 6.45) is 1.86. The van der Waals surface area contributed by atoms with Crippen molar-refractivity contribution < 1.29 is 13.2 Å². The summed E-state index contributed by atoms with van der Waals surface area (Å²) in [4.78, 5) is 20.5. The molecule has 1 heterocycles. The molecule has 0 saturated heterocycles. The van der Waals surface area contributed by atoms with Gasteiger partial charge in [0.15, 0.2) is 0 Å². The summed E-state index contributed by atoms with van der Waals surface area (Å²) in [6.45, 7) is 5.23. The number of aromatic nitrogens is 2. The largest absolute Gasteiger partial charge is 0.268 e. The van der Waals surface area contributed by atoms with Crippen LogP contribution >= 0.6 is 0 Å². The molecule has 2 aromatic rings. The molecule has 0 saturated carbocycles. The van der Waals surface area contributed by atoms with E-state index >= 15 is 0 Å². The summed E-state index contributed by atoms with van der Waals surface area (Å²) < 4.78 is 26.7. The fourth-order valence-electron chi connectivity index (χ4n) is 2.07. The lowest BCUT2D eigenvalue weighted by Gasteiger charge is -2.11. The summed E-state index contributed by atoms with van der Waals surface area (Å²) in [5, 5.41) is 0. The molecule has 0 atom stereocenters. The fourth-order valence-corrected chi connectivity index (χ4v) is 3.28. The third-order valence-corrected chi connectivity index (χ3v) is 4.67. The monoisotopic (exact) mass is 319 g/mol. The topological polar surface area (TPSA) is 89.0 Å². The number of nitrogens with zero attached hydrogens (tertiary/aromatic N) is 2. The zero-order chi connectivity index (χ0) is 16.3. The van der Waals surface area contributed by atoms with Gasteiger partial charge in [-0.05, 0) is 31.9 Å². The standard InChI is InChI=1S/C15H17N3O3S/c1-4-13-12(9-16-11(3)17-13)15(19)18-22(20,21)14-8-6-5-7-10(14)2/h5-9H,4H2,1-3H3,(H,18,19). The van der Waals surface area contributed by atoms with Gasteiger partial charge in [-0.2, -0.15) is 0 Å². The van der Waals surface area contributed by atoms with E-state index in [1.54, 1.807) is 32.0 Å². The Morgan fingerprint density at radius 3 is 2.55 bits per heavy atom. The molecule has 0 aliphatic carbocycles. The quantitative estimate of drug-likeness (QED) is 0.928. The number of aryl methyl sites for hydroxylation is 3. The maximum Gasteiger partial charge on any atom is 0.268 e. The Morgan fingerprint density at radius 1 is 1.23 bits per heavy atom. The second-order valence-corrected chi connectivity index (χ2v) is 6.48. The molecule has 0 fully saturated rings. The maximum atomic E-state index is 12.3. The van der Waals surface area contributed by atoms with Crippen LogP contribution in [0.4, 0.5) is 0 Å². The zero-order valence-electron chi connectivity index (χ0n) is 12.6. The van der Waals surface area contributed by atoms with Gasteiger partial charge >= 0.3 is 0 Å². The van der Waals surface area contributed by atoms with Crippen molar-refractivity contribution in [2.45, 2.75) is 32.1 Å². The lowest BCUT2D eigenvalue weighted by molar-refractivity contribution is 0.0979. The fraction of sp³-hybridized carbons (Fsp3) is 0.267. The first-order valence-corrected chi connectivity index (χ1v) is 8.28. The van der Waals surface area contributed by atoms with E-state index in [1.165, 1.54) is 12.3 Å². The van der Waals surface area contributed by atoms with Crippen LogP contribution in [0.2, 0.25) is 0 Å². The van der Waals surface area contributed by atoms with Crippen LogP contribution in [0.3, 0.4) is 0 Å². The predicted molar refractivity (Wildman–Crippen MR) is 82.0 cm³/mol. The van der Waals surface area contributed by atoms with Crippen LogP contribution in [0.1, 0.15) is 34.4 Å². The molecule has 116 valence electrons. The maximum absolute atomic E-state index is 12.3. The molecule has 7 heteroatoms. The average molecular weight is 319 g/mol. The molecule has 0 spiro atoms. The van der Waals surface area contributed by atoms with E-state index in [2.05, 4.69) is 14.7 Å². The molecule has 1 amide bonds. The molecule has 1 aromatic heterocycles. The van der Waals surface area contributed by atoms with Crippen molar-refractivity contribution in [3.63, 3.8) is 0 Å². The molecule has 0 bridgehead atoms. The highest BCUT2D eigenvalue weighted by atomic mass is 32.2. The third kappa shape index (κ3) is 3.30. The zero-order valence-corrected chi connectivity index (χ0v) is 13.4. The molecule has 0 unspecified atom stereocenters. The van der Waals surface area contributed by atoms with Gasteiger partial charge in [-0.3, -0.25) is 4.79 Å². The normalized spacial score (nSPS) is 11.2.